The number of hydrogen-bond acceptors (Lipinski definition) is 6. The van der Waals surface area contributed by atoms with E-state index in [-0.39, 0.29) is 10.9 Å². The van der Waals surface area contributed by atoms with Gasteiger partial charge in [0.15, 0.2) is 6.10 Å². The van der Waals surface area contributed by atoms with E-state index in [0.717, 1.165) is 0 Å². The molecular formula is C24H28BrCl2N3O5. The number of amides is 2. The van der Waals surface area contributed by atoms with Crippen molar-refractivity contribution in [3.63, 3.8) is 0 Å². The number of hydrazone groups is 1. The molecule has 0 fully saturated rings. The normalized spacial score (nSPS) is 12.8. The first-order valence-corrected chi connectivity index (χ1v) is 12.3. The van der Waals surface area contributed by atoms with Gasteiger partial charge in [-0.3, -0.25) is 9.59 Å². The quantitative estimate of drug-likeness (QED) is 0.277. The first kappa shape index (κ1) is 28.7. The summed E-state index contributed by atoms with van der Waals surface area (Å²) in [7, 11) is 3.07. The number of benzene rings is 2. The molecule has 8 nitrogen and oxygen atoms in total. The summed E-state index contributed by atoms with van der Waals surface area (Å²) in [6.45, 7) is 5.46. The lowest BCUT2D eigenvalue weighted by Gasteiger charge is -2.22. The highest BCUT2D eigenvalue weighted by molar-refractivity contribution is 9.10. The number of rotatable bonds is 11. The SMILES string of the molecule is COc1cc(OC)c(/C=N\NC(=O)[C@@H](CC(C)C)NC(=O)[C@@H](C)Oc2ccc(Cl)cc2Cl)cc1Br. The molecule has 0 aliphatic carbocycles. The van der Waals surface area contributed by atoms with Gasteiger partial charge in [-0.25, -0.2) is 5.43 Å². The predicted octanol–water partition coefficient (Wildman–Crippen LogP) is 5.22. The van der Waals surface area contributed by atoms with Gasteiger partial charge in [0.05, 0.1) is 29.9 Å². The van der Waals surface area contributed by atoms with Crippen LogP contribution in [-0.4, -0.2) is 44.4 Å². The summed E-state index contributed by atoms with van der Waals surface area (Å²) >= 11 is 15.4. The first-order chi connectivity index (χ1) is 16.5. The number of nitrogens with zero attached hydrogens (tertiary/aromatic N) is 1. The molecule has 2 aromatic rings. The smallest absolute Gasteiger partial charge is 0.262 e. The summed E-state index contributed by atoms with van der Waals surface area (Å²) < 4.78 is 17.0. The van der Waals surface area contributed by atoms with Crippen LogP contribution in [0.5, 0.6) is 17.2 Å². The fraction of sp³-hybridized carbons (Fsp3) is 0.375. The Morgan fingerprint density at radius 2 is 1.71 bits per heavy atom. The first-order valence-electron chi connectivity index (χ1n) is 10.7. The molecule has 2 amide bonds. The standard InChI is InChI=1S/C24H28BrCl2N3O5/c1-13(2)8-19(29-23(31)14(3)35-20-7-6-16(26)10-18(20)27)24(32)30-28-12-15-9-17(25)22(34-5)11-21(15)33-4/h6-7,9-14,19H,8H2,1-5H3,(H,29,31)(H,30,32)/b28-12-/t14-,19-/m1/s1. The molecule has 35 heavy (non-hydrogen) atoms. The van der Waals surface area contributed by atoms with Crippen LogP contribution in [0.3, 0.4) is 0 Å². The highest BCUT2D eigenvalue weighted by Gasteiger charge is 2.25. The van der Waals surface area contributed by atoms with Crippen LogP contribution in [0.4, 0.5) is 0 Å². The Hall–Kier alpha value is -2.49. The van der Waals surface area contributed by atoms with E-state index < -0.39 is 24.0 Å². The fourth-order valence-corrected chi connectivity index (χ4v) is 4.01. The van der Waals surface area contributed by atoms with Gasteiger partial charge in [-0.1, -0.05) is 37.0 Å². The molecule has 0 aliphatic rings. The topological polar surface area (TPSA) is 98.3 Å². The van der Waals surface area contributed by atoms with Crippen LogP contribution >= 0.6 is 39.1 Å². The van der Waals surface area contributed by atoms with Crippen molar-refractivity contribution in [1.82, 2.24) is 10.7 Å². The minimum Gasteiger partial charge on any atom is -0.496 e. The summed E-state index contributed by atoms with van der Waals surface area (Å²) in [5.41, 5.74) is 3.10. The van der Waals surface area contributed by atoms with Gasteiger partial charge < -0.3 is 19.5 Å². The van der Waals surface area contributed by atoms with Crippen LogP contribution in [0.2, 0.25) is 10.0 Å². The number of hydrogen-bond donors (Lipinski definition) is 2. The molecule has 0 unspecified atom stereocenters. The Labute approximate surface area is 223 Å². The van der Waals surface area contributed by atoms with Crippen molar-refractivity contribution in [3.8, 4) is 17.2 Å². The molecule has 2 N–H and O–H groups in total. The van der Waals surface area contributed by atoms with Crippen LogP contribution < -0.4 is 25.0 Å². The third-order valence-electron chi connectivity index (χ3n) is 4.79. The lowest BCUT2D eigenvalue weighted by molar-refractivity contribution is -0.132. The zero-order valence-electron chi connectivity index (χ0n) is 20.0. The Morgan fingerprint density at radius 1 is 1.03 bits per heavy atom. The summed E-state index contributed by atoms with van der Waals surface area (Å²) in [4.78, 5) is 25.6. The van der Waals surface area contributed by atoms with Gasteiger partial charge in [-0.05, 0) is 59.5 Å². The Bertz CT molecular complexity index is 1080. The monoisotopic (exact) mass is 587 g/mol. The zero-order chi connectivity index (χ0) is 26.1. The van der Waals surface area contributed by atoms with Gasteiger partial charge in [0.1, 0.15) is 23.3 Å². The van der Waals surface area contributed by atoms with E-state index in [1.54, 1.807) is 38.3 Å². The molecule has 0 aliphatic heterocycles. The average Bonchev–Trinajstić information content (AvgIpc) is 2.80. The lowest BCUT2D eigenvalue weighted by Crippen LogP contribution is -2.49. The van der Waals surface area contributed by atoms with Crippen molar-refractivity contribution in [2.75, 3.05) is 14.2 Å². The number of carbonyl (C=O) groups is 2. The molecule has 0 aromatic heterocycles. The average molecular weight is 589 g/mol. The summed E-state index contributed by atoms with van der Waals surface area (Å²) in [6.07, 6.45) is 0.947. The van der Waals surface area contributed by atoms with Gasteiger partial charge in [0.25, 0.3) is 11.8 Å². The van der Waals surface area contributed by atoms with E-state index >= 15 is 0 Å². The number of nitrogens with one attached hydrogen (secondary N) is 2. The number of ether oxygens (including phenoxy) is 3. The second kappa shape index (κ2) is 13.6. The largest absolute Gasteiger partial charge is 0.496 e. The van der Waals surface area contributed by atoms with Crippen molar-refractivity contribution in [2.45, 2.75) is 39.3 Å². The number of halogens is 3. The molecule has 0 heterocycles. The zero-order valence-corrected chi connectivity index (χ0v) is 23.1. The van der Waals surface area contributed by atoms with E-state index in [1.165, 1.54) is 19.4 Å². The molecule has 0 bridgehead atoms. The van der Waals surface area contributed by atoms with Crippen molar-refractivity contribution in [2.24, 2.45) is 11.0 Å². The number of carbonyl (C=O) groups excluding carboxylic acids is 2. The maximum Gasteiger partial charge on any atom is 0.262 e. The van der Waals surface area contributed by atoms with Crippen molar-refractivity contribution in [3.05, 3.63) is 50.4 Å². The molecule has 2 atom stereocenters. The van der Waals surface area contributed by atoms with E-state index in [2.05, 4.69) is 31.8 Å². The highest BCUT2D eigenvalue weighted by atomic mass is 79.9. The third kappa shape index (κ3) is 8.59. The molecule has 0 radical (unpaired) electrons. The predicted molar refractivity (Wildman–Crippen MR) is 141 cm³/mol. The molecule has 11 heteroatoms. The van der Waals surface area contributed by atoms with Crippen molar-refractivity contribution >= 4 is 57.2 Å². The van der Waals surface area contributed by atoms with Gasteiger partial charge in [-0.2, -0.15) is 5.10 Å². The van der Waals surface area contributed by atoms with E-state index in [0.29, 0.717) is 38.7 Å². The Kier molecular flexibility index (Phi) is 11.1. The lowest BCUT2D eigenvalue weighted by atomic mass is 10.0. The molecule has 0 spiro atoms. The Morgan fingerprint density at radius 3 is 2.31 bits per heavy atom. The fourth-order valence-electron chi connectivity index (χ4n) is 3.03. The van der Waals surface area contributed by atoms with E-state index in [1.807, 2.05) is 13.8 Å². The molecule has 0 saturated heterocycles. The van der Waals surface area contributed by atoms with Gasteiger partial charge in [0.2, 0.25) is 0 Å². The van der Waals surface area contributed by atoms with Crippen LogP contribution in [0.25, 0.3) is 0 Å². The molecular weight excluding hydrogens is 561 g/mol. The summed E-state index contributed by atoms with van der Waals surface area (Å²) in [5.74, 6) is 0.622. The third-order valence-corrected chi connectivity index (χ3v) is 5.94. The summed E-state index contributed by atoms with van der Waals surface area (Å²) in [6, 6.07) is 7.33. The molecule has 190 valence electrons. The molecule has 2 aromatic carbocycles. The van der Waals surface area contributed by atoms with Crippen molar-refractivity contribution in [1.29, 1.82) is 0 Å². The van der Waals surface area contributed by atoms with Crippen LogP contribution in [0, 0.1) is 5.92 Å². The van der Waals surface area contributed by atoms with Crippen LogP contribution in [0.15, 0.2) is 39.9 Å². The van der Waals surface area contributed by atoms with Crippen LogP contribution in [0.1, 0.15) is 32.8 Å². The maximum absolute atomic E-state index is 12.8. The van der Waals surface area contributed by atoms with Gasteiger partial charge in [0, 0.05) is 16.7 Å². The molecule has 0 saturated carbocycles. The second-order valence-electron chi connectivity index (χ2n) is 7.99. The van der Waals surface area contributed by atoms with E-state index in [9.17, 15) is 9.59 Å². The van der Waals surface area contributed by atoms with Gasteiger partial charge in [-0.15, -0.1) is 0 Å². The van der Waals surface area contributed by atoms with Crippen LogP contribution in [-0.2, 0) is 9.59 Å². The molecule has 2 rings (SSSR count). The van der Waals surface area contributed by atoms with E-state index in [4.69, 9.17) is 37.4 Å². The summed E-state index contributed by atoms with van der Waals surface area (Å²) in [5, 5.41) is 7.50. The Balaban J connectivity index is 2.07. The van der Waals surface area contributed by atoms with Crippen molar-refractivity contribution < 1.29 is 23.8 Å². The number of methoxy groups -OCH3 is 2. The maximum atomic E-state index is 12.8. The second-order valence-corrected chi connectivity index (χ2v) is 9.69. The minimum atomic E-state index is -0.902. The van der Waals surface area contributed by atoms with Gasteiger partial charge >= 0.3 is 0 Å². The highest BCUT2D eigenvalue weighted by Crippen LogP contribution is 2.32. The minimum absolute atomic E-state index is 0.134.